The number of thioether (sulfide) groups is 1. The van der Waals surface area contributed by atoms with Crippen LogP contribution in [0.25, 0.3) is 10.9 Å². The van der Waals surface area contributed by atoms with E-state index in [0.717, 1.165) is 17.3 Å². The van der Waals surface area contributed by atoms with Crippen LogP contribution in [0.3, 0.4) is 0 Å². The highest BCUT2D eigenvalue weighted by molar-refractivity contribution is 9.10. The van der Waals surface area contributed by atoms with Gasteiger partial charge in [0, 0.05) is 17.6 Å². The third kappa shape index (κ3) is 4.39. The van der Waals surface area contributed by atoms with Crippen molar-refractivity contribution >= 4 is 44.5 Å². The lowest BCUT2D eigenvalue weighted by atomic mass is 10.2. The molecule has 0 radical (unpaired) electrons. The van der Waals surface area contributed by atoms with Gasteiger partial charge in [-0.15, -0.1) is 0 Å². The zero-order chi connectivity index (χ0) is 17.7. The summed E-state index contributed by atoms with van der Waals surface area (Å²) in [5, 5.41) is 3.76. The molecule has 1 N–H and O–H groups in total. The van der Waals surface area contributed by atoms with Crippen molar-refractivity contribution in [2.45, 2.75) is 50.6 Å². The lowest BCUT2D eigenvalue weighted by Crippen LogP contribution is -2.32. The van der Waals surface area contributed by atoms with Gasteiger partial charge in [-0.3, -0.25) is 14.2 Å². The minimum atomic E-state index is -0.306. The molecule has 2 rings (SSSR count). The number of amides is 1. The Bertz CT molecular complexity index is 791. The number of aromatic nitrogens is 2. The maximum atomic E-state index is 12.8. The first-order chi connectivity index (χ1) is 11.5. The molecule has 0 aliphatic carbocycles. The molecule has 0 aliphatic rings. The molecule has 7 heteroatoms. The van der Waals surface area contributed by atoms with Crippen LogP contribution in [0.4, 0.5) is 0 Å². The van der Waals surface area contributed by atoms with Crippen molar-refractivity contribution in [3.63, 3.8) is 0 Å². The summed E-state index contributed by atoms with van der Waals surface area (Å²) in [5.74, 6) is -0.0324. The highest BCUT2D eigenvalue weighted by atomic mass is 79.9. The smallest absolute Gasteiger partial charge is 0.262 e. The van der Waals surface area contributed by atoms with E-state index in [4.69, 9.17) is 0 Å². The van der Waals surface area contributed by atoms with Crippen LogP contribution in [0.2, 0.25) is 0 Å². The Balaban J connectivity index is 2.41. The fraction of sp³-hybridized carbons (Fsp3) is 0.471. The van der Waals surface area contributed by atoms with Crippen molar-refractivity contribution in [2.24, 2.45) is 0 Å². The van der Waals surface area contributed by atoms with E-state index in [2.05, 4.69) is 26.2 Å². The maximum Gasteiger partial charge on any atom is 0.262 e. The first kappa shape index (κ1) is 19.0. The van der Waals surface area contributed by atoms with Crippen LogP contribution < -0.4 is 10.9 Å². The molecule has 2 aromatic rings. The summed E-state index contributed by atoms with van der Waals surface area (Å²) in [6, 6.07) is 5.48. The molecule has 0 saturated carbocycles. The molecular weight excluding hydrogens is 390 g/mol. The number of nitrogens with zero attached hydrogens (tertiary/aromatic N) is 2. The topological polar surface area (TPSA) is 64.0 Å². The summed E-state index contributed by atoms with van der Waals surface area (Å²) in [6.07, 6.45) is 1.72. The Labute approximate surface area is 154 Å². The van der Waals surface area contributed by atoms with E-state index in [9.17, 15) is 9.59 Å². The summed E-state index contributed by atoms with van der Waals surface area (Å²) < 4.78 is 2.52. The Morgan fingerprint density at radius 2 is 2.12 bits per heavy atom. The Kier molecular flexibility index (Phi) is 6.86. The number of benzene rings is 1. The normalized spacial score (nSPS) is 12.3. The van der Waals surface area contributed by atoms with Gasteiger partial charge in [-0.05, 0) is 38.0 Å². The summed E-state index contributed by atoms with van der Waals surface area (Å²) in [5.41, 5.74) is 0.589. The number of carbonyl (C=O) groups is 1. The summed E-state index contributed by atoms with van der Waals surface area (Å²) in [4.78, 5) is 29.5. The number of halogens is 1. The highest BCUT2D eigenvalue weighted by Gasteiger charge is 2.19. The zero-order valence-corrected chi connectivity index (χ0v) is 16.5. The first-order valence-corrected chi connectivity index (χ1v) is 9.79. The molecule has 130 valence electrons. The van der Waals surface area contributed by atoms with Crippen LogP contribution in [-0.2, 0) is 11.3 Å². The predicted molar refractivity (Wildman–Crippen MR) is 103 cm³/mol. The number of hydrogen-bond acceptors (Lipinski definition) is 4. The van der Waals surface area contributed by atoms with Gasteiger partial charge >= 0.3 is 0 Å². The largest absolute Gasteiger partial charge is 0.355 e. The highest BCUT2D eigenvalue weighted by Crippen LogP contribution is 2.24. The van der Waals surface area contributed by atoms with Crippen molar-refractivity contribution in [3.05, 3.63) is 33.0 Å². The van der Waals surface area contributed by atoms with Gasteiger partial charge < -0.3 is 5.32 Å². The fourth-order valence-corrected chi connectivity index (χ4v) is 3.61. The number of nitrogens with one attached hydrogen (secondary N) is 1. The van der Waals surface area contributed by atoms with Crippen LogP contribution in [0.1, 0.15) is 33.6 Å². The van der Waals surface area contributed by atoms with E-state index in [1.807, 2.05) is 32.9 Å². The number of hydrogen-bond donors (Lipinski definition) is 1. The van der Waals surface area contributed by atoms with Crippen LogP contribution >= 0.6 is 27.7 Å². The van der Waals surface area contributed by atoms with Gasteiger partial charge in [0.25, 0.3) is 5.56 Å². The Morgan fingerprint density at radius 1 is 1.38 bits per heavy atom. The molecule has 0 saturated heterocycles. The van der Waals surface area contributed by atoms with Crippen molar-refractivity contribution in [1.29, 1.82) is 0 Å². The van der Waals surface area contributed by atoms with Crippen LogP contribution in [0.15, 0.2) is 32.6 Å². The molecule has 1 aromatic carbocycles. The average Bonchev–Trinajstić information content (AvgIpc) is 2.56. The van der Waals surface area contributed by atoms with Crippen LogP contribution in [0.5, 0.6) is 0 Å². The van der Waals surface area contributed by atoms with E-state index in [-0.39, 0.29) is 16.7 Å². The van der Waals surface area contributed by atoms with Crippen molar-refractivity contribution in [2.75, 3.05) is 6.54 Å². The lowest BCUT2D eigenvalue weighted by molar-refractivity contribution is -0.120. The quantitative estimate of drug-likeness (QED) is 0.558. The molecule has 1 atom stereocenters. The van der Waals surface area contributed by atoms with E-state index in [0.29, 0.717) is 29.1 Å². The molecule has 0 aliphatic heterocycles. The van der Waals surface area contributed by atoms with Crippen LogP contribution in [0, 0.1) is 0 Å². The Morgan fingerprint density at radius 3 is 2.79 bits per heavy atom. The molecule has 1 amide bonds. The summed E-state index contributed by atoms with van der Waals surface area (Å²) in [6.45, 7) is 7.11. The van der Waals surface area contributed by atoms with Gasteiger partial charge in [-0.2, -0.15) is 0 Å². The average molecular weight is 412 g/mol. The second-order valence-corrected chi connectivity index (χ2v) is 7.79. The SMILES string of the molecule is CCCNC(=O)[C@@H](C)Sc1nc2ccc(Br)cc2c(=O)n1CCC. The van der Waals surface area contributed by atoms with Gasteiger partial charge in [0.05, 0.1) is 16.2 Å². The van der Waals surface area contributed by atoms with Gasteiger partial charge in [0.2, 0.25) is 5.91 Å². The van der Waals surface area contributed by atoms with E-state index < -0.39 is 0 Å². The summed E-state index contributed by atoms with van der Waals surface area (Å²) >= 11 is 4.73. The minimum Gasteiger partial charge on any atom is -0.355 e. The van der Waals surface area contributed by atoms with Crippen LogP contribution in [-0.4, -0.2) is 27.3 Å². The van der Waals surface area contributed by atoms with Gasteiger partial charge in [0.15, 0.2) is 5.16 Å². The molecule has 1 heterocycles. The predicted octanol–water partition coefficient (Wildman–Crippen LogP) is 3.58. The maximum absolute atomic E-state index is 12.8. The van der Waals surface area contributed by atoms with Gasteiger partial charge in [-0.25, -0.2) is 4.98 Å². The number of carbonyl (C=O) groups excluding carboxylic acids is 1. The van der Waals surface area contributed by atoms with E-state index in [1.54, 1.807) is 10.6 Å². The standard InChI is InChI=1S/C17H22BrN3O2S/c1-4-8-19-15(22)11(3)24-17-20-14-7-6-12(18)10-13(14)16(23)21(17)9-5-2/h6-7,10-11H,4-5,8-9H2,1-3H3,(H,19,22)/t11-/m1/s1. The molecule has 0 unspecified atom stereocenters. The van der Waals surface area contributed by atoms with E-state index >= 15 is 0 Å². The molecule has 24 heavy (non-hydrogen) atoms. The van der Waals surface area contributed by atoms with Crippen molar-refractivity contribution < 1.29 is 4.79 Å². The van der Waals surface area contributed by atoms with E-state index in [1.165, 1.54) is 11.8 Å². The monoisotopic (exact) mass is 411 g/mol. The number of fused-ring (bicyclic) bond motifs is 1. The molecule has 0 fully saturated rings. The Hall–Kier alpha value is -1.34. The van der Waals surface area contributed by atoms with Gasteiger partial charge in [-0.1, -0.05) is 41.5 Å². The first-order valence-electron chi connectivity index (χ1n) is 8.12. The lowest BCUT2D eigenvalue weighted by Gasteiger charge is -2.16. The molecule has 5 nitrogen and oxygen atoms in total. The molecule has 0 spiro atoms. The third-order valence-corrected chi connectivity index (χ3v) is 5.11. The number of rotatable bonds is 7. The van der Waals surface area contributed by atoms with Crippen molar-refractivity contribution in [1.82, 2.24) is 14.9 Å². The minimum absolute atomic E-state index is 0.0324. The third-order valence-electron chi connectivity index (χ3n) is 3.53. The zero-order valence-electron chi connectivity index (χ0n) is 14.1. The molecule has 0 bridgehead atoms. The second-order valence-electron chi connectivity index (χ2n) is 5.56. The van der Waals surface area contributed by atoms with Gasteiger partial charge in [0.1, 0.15) is 0 Å². The second kappa shape index (κ2) is 8.67. The fourth-order valence-electron chi connectivity index (χ4n) is 2.29. The molecular formula is C17H22BrN3O2S. The van der Waals surface area contributed by atoms with Crippen molar-refractivity contribution in [3.8, 4) is 0 Å². The summed E-state index contributed by atoms with van der Waals surface area (Å²) in [7, 11) is 0. The molecule has 1 aromatic heterocycles.